The Morgan fingerprint density at radius 2 is 1.65 bits per heavy atom. The lowest BCUT2D eigenvalue weighted by Gasteiger charge is -2.09. The maximum absolute atomic E-state index is 13.3. The van der Waals surface area contributed by atoms with Crippen molar-refractivity contribution in [3.05, 3.63) is 59.9 Å². The molecule has 2 N–H and O–H groups in total. The average Bonchev–Trinajstić information content (AvgIpc) is 2.47. The maximum atomic E-state index is 13.3. The van der Waals surface area contributed by atoms with Crippen molar-refractivity contribution in [3.8, 4) is 0 Å². The summed E-state index contributed by atoms with van der Waals surface area (Å²) in [5.41, 5.74) is 0.317. The summed E-state index contributed by atoms with van der Waals surface area (Å²) in [6.45, 7) is -0.123. The lowest BCUT2D eigenvalue weighted by Crippen LogP contribution is -2.22. The molecule has 0 fully saturated rings. The van der Waals surface area contributed by atoms with E-state index in [-0.39, 0.29) is 6.54 Å². The quantitative estimate of drug-likeness (QED) is 0.845. The van der Waals surface area contributed by atoms with Crippen molar-refractivity contribution < 1.29 is 18.0 Å². The largest absolute Gasteiger partial charge is 0.376 e. The Bertz CT molecular complexity index is 617. The van der Waals surface area contributed by atoms with Gasteiger partial charge in [-0.2, -0.15) is 0 Å². The van der Waals surface area contributed by atoms with Crippen molar-refractivity contribution in [3.63, 3.8) is 0 Å². The van der Waals surface area contributed by atoms with Crippen molar-refractivity contribution in [2.45, 2.75) is 0 Å². The third-order valence-corrected chi connectivity index (χ3v) is 2.54. The highest BCUT2D eigenvalue weighted by atomic mass is 19.2. The first-order valence-corrected chi connectivity index (χ1v) is 5.80. The van der Waals surface area contributed by atoms with Crippen LogP contribution < -0.4 is 10.6 Å². The van der Waals surface area contributed by atoms with E-state index < -0.39 is 29.0 Å². The zero-order chi connectivity index (χ0) is 14.5. The molecule has 0 spiro atoms. The van der Waals surface area contributed by atoms with E-state index >= 15 is 0 Å². The van der Waals surface area contributed by atoms with Gasteiger partial charge in [0.2, 0.25) is 5.91 Å². The van der Waals surface area contributed by atoms with Crippen LogP contribution in [0.15, 0.2) is 42.5 Å². The topological polar surface area (TPSA) is 41.1 Å². The standard InChI is InChI=1S/C14H11F3N2O/c15-10-6-7-11(14(17)13(10)16)19-12(20)8-18-9-4-2-1-3-5-9/h1-7,18H,8H2,(H,19,20). The first kappa shape index (κ1) is 13.9. The molecule has 0 aliphatic carbocycles. The molecular formula is C14H11F3N2O. The molecule has 2 aromatic rings. The van der Waals surface area contributed by atoms with Crippen LogP contribution in [-0.4, -0.2) is 12.5 Å². The number of nitrogens with one attached hydrogen (secondary N) is 2. The van der Waals surface area contributed by atoms with Crippen molar-refractivity contribution >= 4 is 17.3 Å². The lowest BCUT2D eigenvalue weighted by atomic mass is 10.2. The molecule has 0 saturated carbocycles. The van der Waals surface area contributed by atoms with Gasteiger partial charge in [-0.25, -0.2) is 13.2 Å². The Morgan fingerprint density at radius 1 is 0.950 bits per heavy atom. The summed E-state index contributed by atoms with van der Waals surface area (Å²) in [4.78, 5) is 11.6. The van der Waals surface area contributed by atoms with Crippen LogP contribution in [0.25, 0.3) is 0 Å². The number of amides is 1. The molecule has 20 heavy (non-hydrogen) atoms. The smallest absolute Gasteiger partial charge is 0.243 e. The summed E-state index contributed by atoms with van der Waals surface area (Å²) in [6.07, 6.45) is 0. The Morgan fingerprint density at radius 3 is 2.35 bits per heavy atom. The highest BCUT2D eigenvalue weighted by Gasteiger charge is 2.14. The van der Waals surface area contributed by atoms with E-state index in [0.29, 0.717) is 5.69 Å². The van der Waals surface area contributed by atoms with Crippen LogP contribution in [0.2, 0.25) is 0 Å². The van der Waals surface area contributed by atoms with Gasteiger partial charge in [0.15, 0.2) is 17.5 Å². The molecule has 0 bridgehead atoms. The molecule has 3 nitrogen and oxygen atoms in total. The summed E-state index contributed by atoms with van der Waals surface area (Å²) in [7, 11) is 0. The number of carbonyl (C=O) groups is 1. The van der Waals surface area contributed by atoms with E-state index in [4.69, 9.17) is 0 Å². The zero-order valence-electron chi connectivity index (χ0n) is 10.3. The van der Waals surface area contributed by atoms with Gasteiger partial charge in [-0.3, -0.25) is 4.79 Å². The molecule has 0 saturated heterocycles. The monoisotopic (exact) mass is 280 g/mol. The number of anilines is 2. The number of halogens is 3. The van der Waals surface area contributed by atoms with E-state index in [1.165, 1.54) is 0 Å². The van der Waals surface area contributed by atoms with E-state index in [1.807, 2.05) is 6.07 Å². The number of para-hydroxylation sites is 1. The Hall–Kier alpha value is -2.50. The van der Waals surface area contributed by atoms with Crippen LogP contribution in [0, 0.1) is 17.5 Å². The second-order valence-electron chi connectivity index (χ2n) is 3.99. The molecule has 1 amide bonds. The predicted octanol–water partition coefficient (Wildman–Crippen LogP) is 3.15. The van der Waals surface area contributed by atoms with E-state index in [2.05, 4.69) is 10.6 Å². The molecule has 0 unspecified atom stereocenters. The van der Waals surface area contributed by atoms with Crippen LogP contribution in [0.3, 0.4) is 0 Å². The fourth-order valence-corrected chi connectivity index (χ4v) is 1.56. The third kappa shape index (κ3) is 3.28. The second-order valence-corrected chi connectivity index (χ2v) is 3.99. The van der Waals surface area contributed by atoms with Crippen molar-refractivity contribution in [2.24, 2.45) is 0 Å². The van der Waals surface area contributed by atoms with E-state index in [1.54, 1.807) is 24.3 Å². The van der Waals surface area contributed by atoms with Crippen LogP contribution in [0.5, 0.6) is 0 Å². The molecule has 0 aliphatic heterocycles. The maximum Gasteiger partial charge on any atom is 0.243 e. The molecule has 0 aromatic heterocycles. The predicted molar refractivity (Wildman–Crippen MR) is 69.9 cm³/mol. The van der Waals surface area contributed by atoms with Crippen molar-refractivity contribution in [2.75, 3.05) is 17.2 Å². The first-order chi connectivity index (χ1) is 9.58. The van der Waals surface area contributed by atoms with Gasteiger partial charge < -0.3 is 10.6 Å². The molecule has 0 aliphatic rings. The fraction of sp³-hybridized carbons (Fsp3) is 0.0714. The minimum absolute atomic E-state index is 0.123. The summed E-state index contributed by atoms with van der Waals surface area (Å²) in [5, 5.41) is 4.97. The van der Waals surface area contributed by atoms with Gasteiger partial charge >= 0.3 is 0 Å². The SMILES string of the molecule is O=C(CNc1ccccc1)Nc1ccc(F)c(F)c1F. The molecule has 0 heterocycles. The molecule has 0 atom stereocenters. The number of benzene rings is 2. The van der Waals surface area contributed by atoms with Gasteiger partial charge in [-0.15, -0.1) is 0 Å². The normalized spacial score (nSPS) is 10.2. The minimum atomic E-state index is -1.61. The molecule has 2 aromatic carbocycles. The van der Waals surface area contributed by atoms with Crippen LogP contribution in [-0.2, 0) is 4.79 Å². The average molecular weight is 280 g/mol. The van der Waals surface area contributed by atoms with Crippen molar-refractivity contribution in [1.82, 2.24) is 0 Å². The number of hydrogen-bond donors (Lipinski definition) is 2. The number of rotatable bonds is 4. The third-order valence-electron chi connectivity index (χ3n) is 2.54. The molecule has 2 rings (SSSR count). The lowest BCUT2D eigenvalue weighted by molar-refractivity contribution is -0.114. The van der Waals surface area contributed by atoms with Crippen LogP contribution in [0.4, 0.5) is 24.5 Å². The first-order valence-electron chi connectivity index (χ1n) is 5.80. The van der Waals surface area contributed by atoms with Gasteiger partial charge in [0.25, 0.3) is 0 Å². The molecule has 6 heteroatoms. The second kappa shape index (κ2) is 6.10. The highest BCUT2D eigenvalue weighted by molar-refractivity contribution is 5.93. The van der Waals surface area contributed by atoms with Crippen LogP contribution >= 0.6 is 0 Å². The summed E-state index contributed by atoms with van der Waals surface area (Å²) in [5.74, 6) is -4.90. The van der Waals surface area contributed by atoms with E-state index in [9.17, 15) is 18.0 Å². The Kier molecular flexibility index (Phi) is 4.24. The van der Waals surface area contributed by atoms with E-state index in [0.717, 1.165) is 12.1 Å². The molecular weight excluding hydrogens is 269 g/mol. The van der Waals surface area contributed by atoms with Crippen molar-refractivity contribution in [1.29, 1.82) is 0 Å². The zero-order valence-corrected chi connectivity index (χ0v) is 10.3. The Labute approximate surface area is 113 Å². The van der Waals surface area contributed by atoms with Gasteiger partial charge in [-0.05, 0) is 24.3 Å². The summed E-state index contributed by atoms with van der Waals surface area (Å²) in [6, 6.07) is 10.6. The minimum Gasteiger partial charge on any atom is -0.376 e. The van der Waals surface area contributed by atoms with Crippen LogP contribution in [0.1, 0.15) is 0 Å². The van der Waals surface area contributed by atoms with Gasteiger partial charge in [0.1, 0.15) is 0 Å². The highest BCUT2D eigenvalue weighted by Crippen LogP contribution is 2.19. The fourth-order valence-electron chi connectivity index (χ4n) is 1.56. The molecule has 0 radical (unpaired) electrons. The van der Waals surface area contributed by atoms with Gasteiger partial charge in [0, 0.05) is 5.69 Å². The van der Waals surface area contributed by atoms with Gasteiger partial charge in [-0.1, -0.05) is 18.2 Å². The number of carbonyl (C=O) groups excluding carboxylic acids is 1. The summed E-state index contributed by atoms with van der Waals surface area (Å²) < 4.78 is 39.0. The number of hydrogen-bond acceptors (Lipinski definition) is 2. The molecule has 104 valence electrons. The van der Waals surface area contributed by atoms with Gasteiger partial charge in [0.05, 0.1) is 12.2 Å². The Balaban J connectivity index is 1.97. The summed E-state index contributed by atoms with van der Waals surface area (Å²) >= 11 is 0.